The number of anilines is 3. The molecule has 0 saturated heterocycles. The van der Waals surface area contributed by atoms with Gasteiger partial charge in [-0.05, 0) is 70.8 Å². The first kappa shape index (κ1) is 27.5. The lowest BCUT2D eigenvalue weighted by Gasteiger charge is -2.25. The Balaban J connectivity index is 1.07. The van der Waals surface area contributed by atoms with Crippen LogP contribution in [0.15, 0.2) is 167 Å². The second-order valence-corrected chi connectivity index (χ2v) is 13.8. The Hall–Kier alpha value is -6.43. The quantitative estimate of drug-likeness (QED) is 0.189. The van der Waals surface area contributed by atoms with Crippen LogP contribution >= 0.6 is 11.3 Å². The van der Waals surface area contributed by atoms with E-state index in [9.17, 15) is 0 Å². The molecule has 0 aliphatic heterocycles. The van der Waals surface area contributed by atoms with E-state index in [1.807, 2.05) is 41.7 Å². The number of nitrogens with zero attached hydrogens (tertiary/aromatic N) is 2. The van der Waals surface area contributed by atoms with Gasteiger partial charge in [-0.15, -0.1) is 11.3 Å². The first-order valence-corrected chi connectivity index (χ1v) is 17.5. The van der Waals surface area contributed by atoms with E-state index in [0.29, 0.717) is 5.89 Å². The lowest BCUT2D eigenvalue weighted by molar-refractivity contribution is 0.623. The molecule has 0 radical (unpaired) electrons. The van der Waals surface area contributed by atoms with Gasteiger partial charge in [0.1, 0.15) is 16.7 Å². The van der Waals surface area contributed by atoms with Crippen molar-refractivity contribution in [3.05, 3.63) is 158 Å². The third kappa shape index (κ3) is 4.08. The Labute approximate surface area is 290 Å². The Kier molecular flexibility index (Phi) is 5.80. The smallest absolute Gasteiger partial charge is 0.228 e. The summed E-state index contributed by atoms with van der Waals surface area (Å²) in [5, 5.41) is 9.35. The van der Waals surface area contributed by atoms with Crippen LogP contribution in [-0.2, 0) is 0 Å². The summed E-state index contributed by atoms with van der Waals surface area (Å²) in [6.07, 6.45) is 0. The molecule has 0 bridgehead atoms. The van der Waals surface area contributed by atoms with Crippen molar-refractivity contribution >= 4 is 103 Å². The van der Waals surface area contributed by atoms with E-state index in [2.05, 4.69) is 132 Å². The first-order chi connectivity index (χ1) is 24.8. The van der Waals surface area contributed by atoms with Gasteiger partial charge in [0.2, 0.25) is 5.89 Å². The van der Waals surface area contributed by atoms with Gasteiger partial charge in [0.15, 0.2) is 5.58 Å². The third-order valence-corrected chi connectivity index (χ3v) is 11.1. The number of para-hydroxylation sites is 1. The summed E-state index contributed by atoms with van der Waals surface area (Å²) < 4.78 is 15.7. The van der Waals surface area contributed by atoms with E-state index in [-0.39, 0.29) is 0 Å². The summed E-state index contributed by atoms with van der Waals surface area (Å²) in [5.41, 5.74) is 7.34. The maximum absolute atomic E-state index is 6.58. The van der Waals surface area contributed by atoms with Gasteiger partial charge in [-0.3, -0.25) is 0 Å². The molecule has 50 heavy (non-hydrogen) atoms. The molecule has 234 valence electrons. The lowest BCUT2D eigenvalue weighted by atomic mass is 10.0. The number of aromatic nitrogens is 1. The number of furan rings is 1. The highest BCUT2D eigenvalue weighted by atomic mass is 32.1. The average molecular weight is 659 g/mol. The van der Waals surface area contributed by atoms with Gasteiger partial charge in [-0.25, -0.2) is 4.98 Å². The van der Waals surface area contributed by atoms with Gasteiger partial charge in [0.25, 0.3) is 0 Å². The van der Waals surface area contributed by atoms with Gasteiger partial charge in [0, 0.05) is 65.0 Å². The fourth-order valence-corrected chi connectivity index (χ4v) is 8.83. The SMILES string of the molecule is c1ccc(N(c2ccc3c(c2)oc2cccc(-c4nc5ccc6ccccc6c5o4)c23)c2ccc3c(c2)sc2c4ccccc4ccc32)cc1. The van der Waals surface area contributed by atoms with Crippen LogP contribution in [0.3, 0.4) is 0 Å². The van der Waals surface area contributed by atoms with Crippen molar-refractivity contribution in [2.75, 3.05) is 4.90 Å². The molecule has 0 saturated carbocycles. The Morgan fingerprint density at radius 1 is 0.480 bits per heavy atom. The largest absolute Gasteiger partial charge is 0.456 e. The summed E-state index contributed by atoms with van der Waals surface area (Å²) in [6, 6.07) is 55.5. The van der Waals surface area contributed by atoms with Crippen LogP contribution in [0, 0.1) is 0 Å². The highest BCUT2D eigenvalue weighted by Gasteiger charge is 2.20. The summed E-state index contributed by atoms with van der Waals surface area (Å²) in [5.74, 6) is 0.587. The average Bonchev–Trinajstić information content (AvgIpc) is 3.88. The van der Waals surface area contributed by atoms with Crippen LogP contribution in [0.4, 0.5) is 17.1 Å². The zero-order valence-corrected chi connectivity index (χ0v) is 27.4. The predicted octanol–water partition coefficient (Wildman–Crippen LogP) is 13.5. The summed E-state index contributed by atoms with van der Waals surface area (Å²) in [4.78, 5) is 7.24. The van der Waals surface area contributed by atoms with E-state index in [1.165, 1.54) is 30.9 Å². The standard InChI is InChI=1S/C45H26N2O2S/c1-2-11-29(12-3-1)47(31-19-22-34-35-21-17-28-10-5-7-14-33(28)44(35)50-41(34)26-31)30-20-23-36-40(25-30)48-39-16-8-15-37(42(36)39)45-46-38-24-18-27-9-4-6-13-32(27)43(38)49-45/h1-26H. The monoisotopic (exact) mass is 658 g/mol. The molecule has 11 aromatic rings. The minimum Gasteiger partial charge on any atom is -0.456 e. The second kappa shape index (κ2) is 10.5. The van der Waals surface area contributed by atoms with Crippen LogP contribution in [0.1, 0.15) is 0 Å². The molecule has 0 atom stereocenters. The van der Waals surface area contributed by atoms with Crippen LogP contribution < -0.4 is 4.90 Å². The number of benzene rings is 8. The molecule has 0 fully saturated rings. The zero-order valence-electron chi connectivity index (χ0n) is 26.6. The van der Waals surface area contributed by atoms with E-state index >= 15 is 0 Å². The molecule has 0 unspecified atom stereocenters. The molecule has 5 heteroatoms. The Bertz CT molecular complexity index is 3120. The number of oxazole rings is 1. The minimum absolute atomic E-state index is 0.587. The second-order valence-electron chi connectivity index (χ2n) is 12.7. The van der Waals surface area contributed by atoms with Crippen molar-refractivity contribution in [3.63, 3.8) is 0 Å². The molecule has 0 N–H and O–H groups in total. The summed E-state index contributed by atoms with van der Waals surface area (Å²) in [6.45, 7) is 0. The molecular weight excluding hydrogens is 633 g/mol. The molecule has 8 aromatic carbocycles. The number of fused-ring (bicyclic) bond motifs is 11. The van der Waals surface area contributed by atoms with Crippen LogP contribution in [0.2, 0.25) is 0 Å². The topological polar surface area (TPSA) is 42.4 Å². The highest BCUT2D eigenvalue weighted by molar-refractivity contribution is 7.26. The minimum atomic E-state index is 0.587. The summed E-state index contributed by atoms with van der Waals surface area (Å²) >= 11 is 1.86. The Morgan fingerprint density at radius 3 is 2.08 bits per heavy atom. The number of hydrogen-bond donors (Lipinski definition) is 0. The van der Waals surface area contributed by atoms with Crippen LogP contribution in [0.25, 0.3) is 86.2 Å². The molecule has 0 amide bonds. The van der Waals surface area contributed by atoms with Crippen molar-refractivity contribution in [2.45, 2.75) is 0 Å². The zero-order chi connectivity index (χ0) is 32.8. The Morgan fingerprint density at radius 2 is 1.20 bits per heavy atom. The van der Waals surface area contributed by atoms with Crippen LogP contribution in [-0.4, -0.2) is 4.98 Å². The maximum atomic E-state index is 6.58. The van der Waals surface area contributed by atoms with Gasteiger partial charge in [-0.1, -0.05) is 97.1 Å². The van der Waals surface area contributed by atoms with E-state index in [4.69, 9.17) is 13.8 Å². The van der Waals surface area contributed by atoms with Gasteiger partial charge < -0.3 is 13.7 Å². The molecular formula is C45H26N2O2S. The first-order valence-electron chi connectivity index (χ1n) is 16.7. The van der Waals surface area contributed by atoms with Crippen molar-refractivity contribution in [3.8, 4) is 11.5 Å². The van der Waals surface area contributed by atoms with Gasteiger partial charge in [0.05, 0.1) is 0 Å². The van der Waals surface area contributed by atoms with Crippen molar-refractivity contribution in [1.29, 1.82) is 0 Å². The molecule has 0 aliphatic carbocycles. The normalized spacial score (nSPS) is 12.0. The molecule has 0 aliphatic rings. The molecule has 3 aromatic heterocycles. The van der Waals surface area contributed by atoms with Crippen molar-refractivity contribution < 1.29 is 8.83 Å². The van der Waals surface area contributed by atoms with Gasteiger partial charge >= 0.3 is 0 Å². The van der Waals surface area contributed by atoms with Crippen molar-refractivity contribution in [1.82, 2.24) is 4.98 Å². The molecule has 4 nitrogen and oxygen atoms in total. The predicted molar refractivity (Wildman–Crippen MR) is 209 cm³/mol. The lowest BCUT2D eigenvalue weighted by Crippen LogP contribution is -2.09. The maximum Gasteiger partial charge on any atom is 0.228 e. The van der Waals surface area contributed by atoms with E-state index < -0.39 is 0 Å². The fraction of sp³-hybridized carbons (Fsp3) is 0. The summed E-state index contributed by atoms with van der Waals surface area (Å²) in [7, 11) is 0. The third-order valence-electron chi connectivity index (χ3n) is 9.87. The number of thiophene rings is 1. The highest BCUT2D eigenvalue weighted by Crippen LogP contribution is 2.44. The number of rotatable bonds is 4. The van der Waals surface area contributed by atoms with Gasteiger partial charge in [-0.2, -0.15) is 0 Å². The van der Waals surface area contributed by atoms with E-state index in [1.54, 1.807) is 0 Å². The molecule has 11 rings (SSSR count). The molecule has 3 heterocycles. The number of hydrogen-bond acceptors (Lipinski definition) is 5. The van der Waals surface area contributed by atoms with E-state index in [0.717, 1.165) is 66.4 Å². The van der Waals surface area contributed by atoms with Crippen molar-refractivity contribution in [2.24, 2.45) is 0 Å². The van der Waals surface area contributed by atoms with Crippen LogP contribution in [0.5, 0.6) is 0 Å². The molecule has 0 spiro atoms. The fourth-order valence-electron chi connectivity index (χ4n) is 7.56.